The van der Waals surface area contributed by atoms with Crippen LogP contribution in [0.3, 0.4) is 0 Å². The zero-order chi connectivity index (χ0) is 16.3. The maximum Gasteiger partial charge on any atom is 0.261 e. The second-order valence-electron chi connectivity index (χ2n) is 5.13. The summed E-state index contributed by atoms with van der Waals surface area (Å²) in [6.07, 6.45) is 7.93. The first kappa shape index (κ1) is 16.3. The fourth-order valence-corrected chi connectivity index (χ4v) is 2.97. The van der Waals surface area contributed by atoms with E-state index in [1.54, 1.807) is 25.2 Å². The van der Waals surface area contributed by atoms with Crippen molar-refractivity contribution in [1.82, 2.24) is 10.2 Å². The molecule has 0 aromatic carbocycles. The SMILES string of the molecule is C/C=C/C=C1/CC(=O)N(C2CCC(=O)NC2=S)C(=O)/C1=C/C. The predicted octanol–water partition coefficient (Wildman–Crippen LogP) is 1.80. The molecular weight excluding hydrogens is 300 g/mol. The third-order valence-electron chi connectivity index (χ3n) is 3.71. The van der Waals surface area contributed by atoms with Crippen molar-refractivity contribution in [3.63, 3.8) is 0 Å². The van der Waals surface area contributed by atoms with Crippen LogP contribution in [-0.2, 0) is 14.4 Å². The van der Waals surface area contributed by atoms with Crippen molar-refractivity contribution >= 4 is 34.9 Å². The van der Waals surface area contributed by atoms with E-state index in [-0.39, 0.29) is 35.6 Å². The molecule has 0 saturated carbocycles. The summed E-state index contributed by atoms with van der Waals surface area (Å²) in [7, 11) is 0. The van der Waals surface area contributed by atoms with Gasteiger partial charge in [0.05, 0.1) is 12.5 Å². The molecule has 2 rings (SSSR count). The Morgan fingerprint density at radius 1 is 1.27 bits per heavy atom. The molecule has 2 heterocycles. The molecule has 6 heteroatoms. The molecule has 1 atom stereocenters. The Morgan fingerprint density at radius 3 is 2.59 bits per heavy atom. The van der Waals surface area contributed by atoms with Crippen molar-refractivity contribution in [2.24, 2.45) is 0 Å². The Morgan fingerprint density at radius 2 is 2.00 bits per heavy atom. The van der Waals surface area contributed by atoms with Crippen LogP contribution in [0, 0.1) is 0 Å². The van der Waals surface area contributed by atoms with Crippen molar-refractivity contribution in [3.8, 4) is 0 Å². The lowest BCUT2D eigenvalue weighted by atomic mass is 9.92. The van der Waals surface area contributed by atoms with Crippen LogP contribution in [0.2, 0.25) is 0 Å². The molecule has 0 radical (unpaired) electrons. The van der Waals surface area contributed by atoms with Gasteiger partial charge in [-0.3, -0.25) is 19.3 Å². The topological polar surface area (TPSA) is 66.5 Å². The van der Waals surface area contributed by atoms with E-state index in [9.17, 15) is 14.4 Å². The van der Waals surface area contributed by atoms with Gasteiger partial charge >= 0.3 is 0 Å². The average Bonchev–Trinajstić information content (AvgIpc) is 2.47. The van der Waals surface area contributed by atoms with E-state index in [2.05, 4.69) is 5.32 Å². The Bertz CT molecular complexity index is 631. The zero-order valence-corrected chi connectivity index (χ0v) is 13.4. The Balaban J connectivity index is 2.32. The first-order valence-corrected chi connectivity index (χ1v) is 7.59. The van der Waals surface area contributed by atoms with Crippen molar-refractivity contribution in [1.29, 1.82) is 0 Å². The maximum absolute atomic E-state index is 12.7. The van der Waals surface area contributed by atoms with Gasteiger partial charge in [-0.2, -0.15) is 0 Å². The highest BCUT2D eigenvalue weighted by Gasteiger charge is 2.40. The lowest BCUT2D eigenvalue weighted by Gasteiger charge is -2.36. The van der Waals surface area contributed by atoms with E-state index in [1.807, 2.05) is 13.0 Å². The third-order valence-corrected chi connectivity index (χ3v) is 4.08. The van der Waals surface area contributed by atoms with Crippen molar-refractivity contribution in [2.45, 2.75) is 39.2 Å². The standard InChI is InChI=1S/C16H18N2O3S/c1-3-5-6-10-9-14(20)18(16(21)11(10)4-2)12-7-8-13(19)17-15(12)22/h3-6,12H,7-9H2,1-2H3,(H,17,19,22)/b5-3+,10-6-,11-4+. The summed E-state index contributed by atoms with van der Waals surface area (Å²) < 4.78 is 0. The highest BCUT2D eigenvalue weighted by molar-refractivity contribution is 7.80. The normalized spacial score (nSPS) is 27.2. The summed E-state index contributed by atoms with van der Waals surface area (Å²) in [5.41, 5.74) is 1.22. The van der Waals surface area contributed by atoms with Gasteiger partial charge in [-0.15, -0.1) is 0 Å². The number of amides is 3. The molecule has 0 aromatic heterocycles. The van der Waals surface area contributed by atoms with Crippen LogP contribution in [0.15, 0.2) is 35.5 Å². The summed E-state index contributed by atoms with van der Waals surface area (Å²) >= 11 is 5.14. The lowest BCUT2D eigenvalue weighted by Crippen LogP contribution is -2.57. The van der Waals surface area contributed by atoms with Gasteiger partial charge in [0.1, 0.15) is 4.99 Å². The predicted molar refractivity (Wildman–Crippen MR) is 86.9 cm³/mol. The second-order valence-corrected chi connectivity index (χ2v) is 5.57. The molecule has 22 heavy (non-hydrogen) atoms. The first-order valence-electron chi connectivity index (χ1n) is 7.18. The van der Waals surface area contributed by atoms with E-state index in [0.29, 0.717) is 17.6 Å². The van der Waals surface area contributed by atoms with Gasteiger partial charge in [0, 0.05) is 12.0 Å². The molecule has 0 spiro atoms. The minimum Gasteiger partial charge on any atom is -0.319 e. The van der Waals surface area contributed by atoms with Gasteiger partial charge in [-0.05, 0) is 25.8 Å². The number of allylic oxidation sites excluding steroid dienone is 4. The van der Waals surface area contributed by atoms with Gasteiger partial charge in [0.15, 0.2) is 0 Å². The molecule has 1 unspecified atom stereocenters. The van der Waals surface area contributed by atoms with Crippen LogP contribution in [0.4, 0.5) is 0 Å². The zero-order valence-electron chi connectivity index (χ0n) is 12.6. The van der Waals surface area contributed by atoms with Crippen molar-refractivity contribution in [3.05, 3.63) is 35.5 Å². The Hall–Kier alpha value is -2.08. The molecule has 2 aliphatic rings. The summed E-state index contributed by atoms with van der Waals surface area (Å²) in [5.74, 6) is -0.800. The van der Waals surface area contributed by atoms with Crippen LogP contribution >= 0.6 is 12.2 Å². The number of carbonyl (C=O) groups is 3. The minimum atomic E-state index is -0.536. The van der Waals surface area contributed by atoms with Crippen molar-refractivity contribution in [2.75, 3.05) is 0 Å². The van der Waals surface area contributed by atoms with E-state index in [4.69, 9.17) is 12.2 Å². The minimum absolute atomic E-state index is 0.156. The van der Waals surface area contributed by atoms with E-state index in [0.717, 1.165) is 0 Å². The molecule has 116 valence electrons. The first-order chi connectivity index (χ1) is 10.5. The Labute approximate surface area is 134 Å². The number of hydrogen-bond acceptors (Lipinski definition) is 4. The van der Waals surface area contributed by atoms with Crippen molar-refractivity contribution < 1.29 is 14.4 Å². The number of piperidine rings is 2. The van der Waals surface area contributed by atoms with Crippen LogP contribution < -0.4 is 5.32 Å². The number of nitrogens with one attached hydrogen (secondary N) is 1. The van der Waals surface area contributed by atoms with Gasteiger partial charge < -0.3 is 5.32 Å². The number of rotatable bonds is 2. The number of carbonyl (C=O) groups excluding carboxylic acids is 3. The van der Waals surface area contributed by atoms with Crippen LogP contribution in [0.1, 0.15) is 33.1 Å². The van der Waals surface area contributed by atoms with Gasteiger partial charge in [-0.1, -0.05) is 36.5 Å². The third kappa shape index (κ3) is 3.06. The number of hydrogen-bond donors (Lipinski definition) is 1. The molecule has 5 nitrogen and oxygen atoms in total. The summed E-state index contributed by atoms with van der Waals surface area (Å²) in [6.45, 7) is 3.64. The molecule has 0 aromatic rings. The lowest BCUT2D eigenvalue weighted by molar-refractivity contribution is -0.145. The maximum atomic E-state index is 12.7. The second kappa shape index (κ2) is 6.79. The number of nitrogens with zero attached hydrogens (tertiary/aromatic N) is 1. The molecule has 2 saturated heterocycles. The summed E-state index contributed by atoms with van der Waals surface area (Å²) in [6, 6.07) is -0.536. The highest BCUT2D eigenvalue weighted by Crippen LogP contribution is 2.28. The summed E-state index contributed by atoms with van der Waals surface area (Å²) in [5, 5.41) is 2.55. The molecule has 3 amide bonds. The average molecular weight is 318 g/mol. The summed E-state index contributed by atoms with van der Waals surface area (Å²) in [4.78, 5) is 37.9. The largest absolute Gasteiger partial charge is 0.319 e. The van der Waals surface area contributed by atoms with Crippen LogP contribution in [0.25, 0.3) is 0 Å². The highest BCUT2D eigenvalue weighted by atomic mass is 32.1. The molecule has 0 aliphatic carbocycles. The molecular formula is C16H18N2O3S. The van der Waals surface area contributed by atoms with E-state index < -0.39 is 6.04 Å². The molecule has 2 fully saturated rings. The van der Waals surface area contributed by atoms with E-state index >= 15 is 0 Å². The number of likely N-dealkylation sites (tertiary alicyclic amines) is 1. The quantitative estimate of drug-likeness (QED) is 0.479. The van der Waals surface area contributed by atoms with Gasteiger partial charge in [-0.25, -0.2) is 0 Å². The smallest absolute Gasteiger partial charge is 0.261 e. The fraction of sp³-hybridized carbons (Fsp3) is 0.375. The fourth-order valence-electron chi connectivity index (χ4n) is 2.64. The van der Waals surface area contributed by atoms with Gasteiger partial charge in [0.2, 0.25) is 11.8 Å². The Kier molecular flexibility index (Phi) is 5.03. The number of imide groups is 1. The van der Waals surface area contributed by atoms with Crippen LogP contribution in [-0.4, -0.2) is 33.7 Å². The molecule has 0 bridgehead atoms. The number of thiocarbonyl (C=S) groups is 1. The molecule has 1 N–H and O–H groups in total. The monoisotopic (exact) mass is 318 g/mol. The van der Waals surface area contributed by atoms with Gasteiger partial charge in [0.25, 0.3) is 5.91 Å². The molecule has 2 aliphatic heterocycles. The van der Waals surface area contributed by atoms with Crippen LogP contribution in [0.5, 0.6) is 0 Å². The van der Waals surface area contributed by atoms with E-state index in [1.165, 1.54) is 4.90 Å².